The third-order valence-corrected chi connectivity index (χ3v) is 3.38. The van der Waals surface area contributed by atoms with Crippen LogP contribution in [0.25, 0.3) is 0 Å². The molecule has 0 unspecified atom stereocenters. The molecule has 0 aromatic heterocycles. The van der Waals surface area contributed by atoms with Crippen LogP contribution in [0.15, 0.2) is 24.3 Å². The van der Waals surface area contributed by atoms with Gasteiger partial charge in [0.15, 0.2) is 0 Å². The maximum Gasteiger partial charge on any atom is 0.335 e. The van der Waals surface area contributed by atoms with Gasteiger partial charge in [0, 0.05) is 11.5 Å². The summed E-state index contributed by atoms with van der Waals surface area (Å²) in [5.41, 5.74) is -0.0367. The van der Waals surface area contributed by atoms with Crippen LogP contribution < -0.4 is 0 Å². The molecule has 1 aliphatic rings. The second-order valence-corrected chi connectivity index (χ2v) is 4.49. The number of carboxylic acids is 1. The molecule has 0 spiro atoms. The number of hydrogen-bond donors (Lipinski definition) is 1. The number of carbonyl (C=O) groups is 1. The van der Waals surface area contributed by atoms with Crippen molar-refractivity contribution in [3.8, 4) is 0 Å². The summed E-state index contributed by atoms with van der Waals surface area (Å²) < 4.78 is 28.1. The average Bonchev–Trinajstić information content (AvgIpc) is 2.83. The summed E-state index contributed by atoms with van der Waals surface area (Å²) in [4.78, 5) is 10.6. The molecule has 1 aliphatic carbocycles. The lowest BCUT2D eigenvalue weighted by molar-refractivity contribution is -0.0626. The largest absolute Gasteiger partial charge is 0.478 e. The van der Waals surface area contributed by atoms with Crippen LogP contribution >= 0.6 is 0 Å². The minimum absolute atomic E-state index is 0.0379. The van der Waals surface area contributed by atoms with E-state index in [1.165, 1.54) is 24.3 Å². The molecule has 0 amide bonds. The molecule has 1 aromatic carbocycles. The quantitative estimate of drug-likeness (QED) is 0.875. The number of benzene rings is 1. The van der Waals surface area contributed by atoms with Gasteiger partial charge in [-0.15, -0.1) is 0 Å². The molecule has 1 fully saturated rings. The van der Waals surface area contributed by atoms with E-state index in [-0.39, 0.29) is 11.1 Å². The standard InChI is InChI=1S/C13H14F2O2/c14-13(15,10-3-1-2-4-10)11-7-5-9(6-8-11)12(16)17/h5-8,10H,1-4H2,(H,16,17). The number of rotatable bonds is 3. The van der Waals surface area contributed by atoms with Crippen molar-refractivity contribution in [3.63, 3.8) is 0 Å². The fraction of sp³-hybridized carbons (Fsp3) is 0.462. The van der Waals surface area contributed by atoms with Gasteiger partial charge in [0.1, 0.15) is 0 Å². The predicted molar refractivity (Wildman–Crippen MR) is 59.3 cm³/mol. The molecule has 92 valence electrons. The number of hydrogen-bond acceptors (Lipinski definition) is 1. The zero-order valence-electron chi connectivity index (χ0n) is 9.33. The summed E-state index contributed by atoms with van der Waals surface area (Å²) in [5, 5.41) is 8.70. The predicted octanol–water partition coefficient (Wildman–Crippen LogP) is 3.67. The van der Waals surface area contributed by atoms with Gasteiger partial charge in [0.25, 0.3) is 5.92 Å². The van der Waals surface area contributed by atoms with Crippen LogP contribution in [0, 0.1) is 5.92 Å². The van der Waals surface area contributed by atoms with Gasteiger partial charge in [-0.25, -0.2) is 13.6 Å². The lowest BCUT2D eigenvalue weighted by Gasteiger charge is -2.23. The zero-order chi connectivity index (χ0) is 12.5. The molecule has 2 nitrogen and oxygen atoms in total. The molecule has 0 radical (unpaired) electrons. The highest BCUT2D eigenvalue weighted by Crippen LogP contribution is 2.44. The third kappa shape index (κ3) is 2.30. The Morgan fingerprint density at radius 3 is 2.18 bits per heavy atom. The average molecular weight is 240 g/mol. The summed E-state index contributed by atoms with van der Waals surface area (Å²) >= 11 is 0. The fourth-order valence-electron chi connectivity index (χ4n) is 2.36. The van der Waals surface area contributed by atoms with Crippen LogP contribution in [0.5, 0.6) is 0 Å². The van der Waals surface area contributed by atoms with Gasteiger partial charge in [-0.2, -0.15) is 0 Å². The first kappa shape index (κ1) is 12.0. The highest BCUT2D eigenvalue weighted by molar-refractivity contribution is 5.87. The monoisotopic (exact) mass is 240 g/mol. The Labute approximate surface area is 98.3 Å². The molecule has 0 atom stereocenters. The van der Waals surface area contributed by atoms with Crippen LogP contribution in [0.4, 0.5) is 8.78 Å². The Bertz CT molecular complexity index is 406. The summed E-state index contributed by atoms with van der Waals surface area (Å²) in [6.07, 6.45) is 2.81. The van der Waals surface area contributed by atoms with Crippen LogP contribution in [-0.4, -0.2) is 11.1 Å². The van der Waals surface area contributed by atoms with E-state index < -0.39 is 17.8 Å². The SMILES string of the molecule is O=C(O)c1ccc(C(F)(F)C2CCCC2)cc1. The Balaban J connectivity index is 2.23. The smallest absolute Gasteiger partial charge is 0.335 e. The minimum Gasteiger partial charge on any atom is -0.478 e. The van der Waals surface area contributed by atoms with Crippen LogP contribution in [0.2, 0.25) is 0 Å². The normalized spacial score (nSPS) is 17.3. The molecule has 0 saturated heterocycles. The number of halogens is 2. The molecular weight excluding hydrogens is 226 g/mol. The van der Waals surface area contributed by atoms with Crippen LogP contribution in [0.3, 0.4) is 0 Å². The van der Waals surface area contributed by atoms with E-state index in [1.807, 2.05) is 0 Å². The molecule has 0 aliphatic heterocycles. The van der Waals surface area contributed by atoms with Crippen molar-refractivity contribution >= 4 is 5.97 Å². The molecule has 17 heavy (non-hydrogen) atoms. The highest BCUT2D eigenvalue weighted by atomic mass is 19.3. The van der Waals surface area contributed by atoms with Gasteiger partial charge < -0.3 is 5.11 Å². The first-order chi connectivity index (χ1) is 8.01. The fourth-order valence-corrected chi connectivity index (χ4v) is 2.36. The van der Waals surface area contributed by atoms with Gasteiger partial charge in [0.05, 0.1) is 5.56 Å². The summed E-state index contributed by atoms with van der Waals surface area (Å²) in [5.74, 6) is -4.54. The van der Waals surface area contributed by atoms with Crippen molar-refractivity contribution in [2.45, 2.75) is 31.6 Å². The van der Waals surface area contributed by atoms with Crippen molar-refractivity contribution in [3.05, 3.63) is 35.4 Å². The summed E-state index contributed by atoms with van der Waals surface area (Å²) in [7, 11) is 0. The second-order valence-electron chi connectivity index (χ2n) is 4.49. The minimum atomic E-state index is -2.84. The lowest BCUT2D eigenvalue weighted by atomic mass is 9.92. The molecule has 1 saturated carbocycles. The maximum atomic E-state index is 14.0. The second kappa shape index (κ2) is 4.43. The molecular formula is C13H14F2O2. The van der Waals surface area contributed by atoms with Crippen LogP contribution in [-0.2, 0) is 5.92 Å². The van der Waals surface area contributed by atoms with E-state index >= 15 is 0 Å². The molecule has 1 aromatic rings. The lowest BCUT2D eigenvalue weighted by Crippen LogP contribution is -2.23. The first-order valence-electron chi connectivity index (χ1n) is 5.73. The van der Waals surface area contributed by atoms with Crippen molar-refractivity contribution in [2.24, 2.45) is 5.92 Å². The van der Waals surface area contributed by atoms with E-state index in [4.69, 9.17) is 5.11 Å². The van der Waals surface area contributed by atoms with Crippen molar-refractivity contribution in [1.82, 2.24) is 0 Å². The Morgan fingerprint density at radius 2 is 1.71 bits per heavy atom. The van der Waals surface area contributed by atoms with Gasteiger partial charge in [-0.1, -0.05) is 25.0 Å². The number of alkyl halides is 2. The van der Waals surface area contributed by atoms with E-state index in [2.05, 4.69) is 0 Å². The Morgan fingerprint density at radius 1 is 1.18 bits per heavy atom. The van der Waals surface area contributed by atoms with Crippen molar-refractivity contribution < 1.29 is 18.7 Å². The summed E-state index contributed by atoms with van der Waals surface area (Å²) in [6.45, 7) is 0. The first-order valence-corrected chi connectivity index (χ1v) is 5.73. The van der Waals surface area contributed by atoms with E-state index in [0.29, 0.717) is 12.8 Å². The van der Waals surface area contributed by atoms with E-state index in [0.717, 1.165) is 12.8 Å². The Hall–Kier alpha value is -1.45. The maximum absolute atomic E-state index is 14.0. The topological polar surface area (TPSA) is 37.3 Å². The zero-order valence-corrected chi connectivity index (χ0v) is 9.33. The van der Waals surface area contributed by atoms with E-state index in [1.54, 1.807) is 0 Å². The molecule has 4 heteroatoms. The summed E-state index contributed by atoms with van der Waals surface area (Å²) in [6, 6.07) is 4.92. The van der Waals surface area contributed by atoms with E-state index in [9.17, 15) is 13.6 Å². The van der Waals surface area contributed by atoms with Crippen LogP contribution in [0.1, 0.15) is 41.6 Å². The van der Waals surface area contributed by atoms with Gasteiger partial charge >= 0.3 is 5.97 Å². The Kier molecular flexibility index (Phi) is 3.13. The van der Waals surface area contributed by atoms with Crippen molar-refractivity contribution in [2.75, 3.05) is 0 Å². The number of aromatic carboxylic acids is 1. The van der Waals surface area contributed by atoms with Gasteiger partial charge in [-0.05, 0) is 25.0 Å². The molecule has 0 heterocycles. The van der Waals surface area contributed by atoms with Crippen molar-refractivity contribution in [1.29, 1.82) is 0 Å². The third-order valence-electron chi connectivity index (χ3n) is 3.38. The molecule has 1 N–H and O–H groups in total. The molecule has 0 bridgehead atoms. The van der Waals surface area contributed by atoms with Gasteiger partial charge in [-0.3, -0.25) is 0 Å². The highest BCUT2D eigenvalue weighted by Gasteiger charge is 2.42. The number of carboxylic acid groups (broad SMARTS) is 1. The van der Waals surface area contributed by atoms with Gasteiger partial charge in [0.2, 0.25) is 0 Å². The molecule has 2 rings (SSSR count).